The summed E-state index contributed by atoms with van der Waals surface area (Å²) in [4.78, 5) is 25.7. The van der Waals surface area contributed by atoms with Gasteiger partial charge in [0.25, 0.3) is 0 Å². The van der Waals surface area contributed by atoms with Gasteiger partial charge in [0.15, 0.2) is 0 Å². The average molecular weight is 271 g/mol. The predicted molar refractivity (Wildman–Crippen MR) is 72.8 cm³/mol. The SMILES string of the molecule is CCNC(=O)C1COCCN1C(=O)CNC(C)CC. The van der Waals surface area contributed by atoms with E-state index in [1.807, 2.05) is 13.8 Å². The topological polar surface area (TPSA) is 70.7 Å². The molecular weight excluding hydrogens is 246 g/mol. The van der Waals surface area contributed by atoms with E-state index in [9.17, 15) is 9.59 Å². The van der Waals surface area contributed by atoms with Crippen molar-refractivity contribution >= 4 is 11.8 Å². The second-order valence-corrected chi connectivity index (χ2v) is 4.76. The minimum Gasteiger partial charge on any atom is -0.377 e. The van der Waals surface area contributed by atoms with Gasteiger partial charge in [-0.15, -0.1) is 0 Å². The van der Waals surface area contributed by atoms with Gasteiger partial charge in [-0.05, 0) is 20.3 Å². The molecule has 2 unspecified atom stereocenters. The van der Waals surface area contributed by atoms with Crippen LogP contribution in [0.5, 0.6) is 0 Å². The Morgan fingerprint density at radius 3 is 2.79 bits per heavy atom. The first-order valence-corrected chi connectivity index (χ1v) is 6.98. The second-order valence-electron chi connectivity index (χ2n) is 4.76. The quantitative estimate of drug-likeness (QED) is 0.698. The van der Waals surface area contributed by atoms with Crippen LogP contribution in [0.4, 0.5) is 0 Å². The van der Waals surface area contributed by atoms with Gasteiger partial charge in [-0.3, -0.25) is 9.59 Å². The molecule has 6 nitrogen and oxygen atoms in total. The fourth-order valence-electron chi connectivity index (χ4n) is 1.92. The third kappa shape index (κ3) is 4.80. The number of nitrogens with one attached hydrogen (secondary N) is 2. The zero-order valence-electron chi connectivity index (χ0n) is 12.1. The molecule has 110 valence electrons. The van der Waals surface area contributed by atoms with E-state index < -0.39 is 6.04 Å². The van der Waals surface area contributed by atoms with Gasteiger partial charge in [-0.25, -0.2) is 0 Å². The molecule has 0 radical (unpaired) electrons. The Morgan fingerprint density at radius 2 is 2.16 bits per heavy atom. The van der Waals surface area contributed by atoms with Gasteiger partial charge >= 0.3 is 0 Å². The lowest BCUT2D eigenvalue weighted by atomic mass is 10.2. The molecule has 0 spiro atoms. The maximum atomic E-state index is 12.2. The van der Waals surface area contributed by atoms with Crippen LogP contribution in [-0.4, -0.2) is 61.6 Å². The molecule has 19 heavy (non-hydrogen) atoms. The zero-order chi connectivity index (χ0) is 14.3. The van der Waals surface area contributed by atoms with Crippen molar-refractivity contribution in [3.05, 3.63) is 0 Å². The Kier molecular flexibility index (Phi) is 6.80. The Bertz CT molecular complexity index is 310. The highest BCUT2D eigenvalue weighted by Gasteiger charge is 2.32. The van der Waals surface area contributed by atoms with Crippen LogP contribution in [0.2, 0.25) is 0 Å². The monoisotopic (exact) mass is 271 g/mol. The predicted octanol–water partition coefficient (Wildman–Crippen LogP) is -0.262. The number of carbonyl (C=O) groups is 2. The molecule has 0 aromatic carbocycles. The van der Waals surface area contributed by atoms with E-state index >= 15 is 0 Å². The zero-order valence-corrected chi connectivity index (χ0v) is 12.1. The number of hydrogen-bond donors (Lipinski definition) is 2. The second kappa shape index (κ2) is 8.12. The molecule has 1 fully saturated rings. The van der Waals surface area contributed by atoms with Crippen molar-refractivity contribution in [2.45, 2.75) is 39.3 Å². The van der Waals surface area contributed by atoms with Crippen LogP contribution in [0.3, 0.4) is 0 Å². The van der Waals surface area contributed by atoms with Crippen LogP contribution in [-0.2, 0) is 14.3 Å². The minimum atomic E-state index is -0.500. The van der Waals surface area contributed by atoms with Gasteiger partial charge in [0.05, 0.1) is 19.8 Å². The first-order chi connectivity index (χ1) is 9.10. The van der Waals surface area contributed by atoms with Crippen LogP contribution >= 0.6 is 0 Å². The summed E-state index contributed by atoms with van der Waals surface area (Å²) in [6, 6.07) is -0.201. The number of rotatable bonds is 6. The van der Waals surface area contributed by atoms with E-state index in [1.165, 1.54) is 0 Å². The third-order valence-corrected chi connectivity index (χ3v) is 3.32. The van der Waals surface area contributed by atoms with Crippen LogP contribution in [0.1, 0.15) is 27.2 Å². The lowest BCUT2D eigenvalue weighted by Crippen LogP contribution is -2.57. The molecule has 2 N–H and O–H groups in total. The van der Waals surface area contributed by atoms with E-state index in [0.717, 1.165) is 6.42 Å². The summed E-state index contributed by atoms with van der Waals surface area (Å²) < 4.78 is 5.30. The maximum Gasteiger partial charge on any atom is 0.245 e. The molecule has 1 heterocycles. The normalized spacial score (nSPS) is 21.0. The molecule has 0 aromatic rings. The molecule has 0 bridgehead atoms. The van der Waals surface area contributed by atoms with E-state index in [2.05, 4.69) is 17.6 Å². The molecule has 1 aliphatic heterocycles. The Morgan fingerprint density at radius 1 is 1.42 bits per heavy atom. The smallest absolute Gasteiger partial charge is 0.245 e. The Labute approximate surface area is 114 Å². The molecule has 0 aromatic heterocycles. The van der Waals surface area contributed by atoms with E-state index in [4.69, 9.17) is 4.74 Å². The number of likely N-dealkylation sites (N-methyl/N-ethyl adjacent to an activating group) is 1. The highest BCUT2D eigenvalue weighted by Crippen LogP contribution is 2.07. The standard InChI is InChI=1S/C13H25N3O3/c1-4-10(3)15-8-12(17)16-6-7-19-9-11(16)13(18)14-5-2/h10-11,15H,4-9H2,1-3H3,(H,14,18). The van der Waals surface area contributed by atoms with Crippen molar-refractivity contribution in [2.24, 2.45) is 0 Å². The van der Waals surface area contributed by atoms with Gasteiger partial charge < -0.3 is 20.3 Å². The highest BCUT2D eigenvalue weighted by atomic mass is 16.5. The van der Waals surface area contributed by atoms with Crippen molar-refractivity contribution in [1.82, 2.24) is 15.5 Å². The molecule has 2 atom stereocenters. The van der Waals surface area contributed by atoms with E-state index in [-0.39, 0.29) is 25.0 Å². The summed E-state index contributed by atoms with van der Waals surface area (Å²) in [6.45, 7) is 8.03. The number of amides is 2. The summed E-state index contributed by atoms with van der Waals surface area (Å²) >= 11 is 0. The lowest BCUT2D eigenvalue weighted by Gasteiger charge is -2.34. The Hall–Kier alpha value is -1.14. The summed E-state index contributed by atoms with van der Waals surface area (Å²) in [5, 5.41) is 5.90. The van der Waals surface area contributed by atoms with Crippen LogP contribution in [0, 0.1) is 0 Å². The molecular formula is C13H25N3O3. The largest absolute Gasteiger partial charge is 0.377 e. The number of ether oxygens (including phenoxy) is 1. The molecule has 1 aliphatic rings. The maximum absolute atomic E-state index is 12.2. The fraction of sp³-hybridized carbons (Fsp3) is 0.846. The van der Waals surface area contributed by atoms with E-state index in [0.29, 0.717) is 25.7 Å². The molecule has 0 saturated carbocycles. The van der Waals surface area contributed by atoms with Crippen molar-refractivity contribution in [3.63, 3.8) is 0 Å². The van der Waals surface area contributed by atoms with Crippen molar-refractivity contribution in [2.75, 3.05) is 32.8 Å². The number of carbonyl (C=O) groups excluding carboxylic acids is 2. The number of nitrogens with zero attached hydrogens (tertiary/aromatic N) is 1. The highest BCUT2D eigenvalue weighted by molar-refractivity contribution is 5.88. The van der Waals surface area contributed by atoms with Crippen molar-refractivity contribution in [3.8, 4) is 0 Å². The molecule has 6 heteroatoms. The lowest BCUT2D eigenvalue weighted by molar-refractivity contribution is -0.147. The first kappa shape index (κ1) is 15.9. The summed E-state index contributed by atoms with van der Waals surface area (Å²) in [7, 11) is 0. The van der Waals surface area contributed by atoms with Gasteiger partial charge in [-0.2, -0.15) is 0 Å². The van der Waals surface area contributed by atoms with Crippen LogP contribution < -0.4 is 10.6 Å². The van der Waals surface area contributed by atoms with Crippen LogP contribution in [0.15, 0.2) is 0 Å². The van der Waals surface area contributed by atoms with Gasteiger partial charge in [0, 0.05) is 19.1 Å². The van der Waals surface area contributed by atoms with Gasteiger partial charge in [-0.1, -0.05) is 6.92 Å². The van der Waals surface area contributed by atoms with Gasteiger partial charge in [0.2, 0.25) is 11.8 Å². The van der Waals surface area contributed by atoms with Crippen LogP contribution in [0.25, 0.3) is 0 Å². The molecule has 0 aliphatic carbocycles. The van der Waals surface area contributed by atoms with Crippen molar-refractivity contribution in [1.29, 1.82) is 0 Å². The van der Waals surface area contributed by atoms with E-state index in [1.54, 1.807) is 4.90 Å². The summed E-state index contributed by atoms with van der Waals surface area (Å²) in [5.74, 6) is -0.182. The molecule has 1 rings (SSSR count). The number of hydrogen-bond acceptors (Lipinski definition) is 4. The first-order valence-electron chi connectivity index (χ1n) is 6.98. The average Bonchev–Trinajstić information content (AvgIpc) is 2.44. The van der Waals surface area contributed by atoms with Gasteiger partial charge in [0.1, 0.15) is 6.04 Å². The fourth-order valence-corrected chi connectivity index (χ4v) is 1.92. The van der Waals surface area contributed by atoms with Crippen molar-refractivity contribution < 1.29 is 14.3 Å². The summed E-state index contributed by atoms with van der Waals surface area (Å²) in [6.07, 6.45) is 0.968. The molecule has 2 amide bonds. The number of morpholine rings is 1. The summed E-state index contributed by atoms with van der Waals surface area (Å²) in [5.41, 5.74) is 0. The Balaban J connectivity index is 2.55. The third-order valence-electron chi connectivity index (χ3n) is 3.32. The minimum absolute atomic E-state index is 0.0418. The molecule has 1 saturated heterocycles.